The van der Waals surface area contributed by atoms with Gasteiger partial charge in [0.25, 0.3) is 5.91 Å². The Bertz CT molecular complexity index is 615. The van der Waals surface area contributed by atoms with Crippen LogP contribution in [0.5, 0.6) is 0 Å². The third-order valence-corrected chi connectivity index (χ3v) is 3.84. The van der Waals surface area contributed by atoms with Crippen LogP contribution in [0.4, 0.5) is 10.5 Å². The summed E-state index contributed by atoms with van der Waals surface area (Å²) in [6.07, 6.45) is 1.93. The van der Waals surface area contributed by atoms with Crippen LogP contribution >= 0.6 is 0 Å². The van der Waals surface area contributed by atoms with E-state index in [1.165, 1.54) is 0 Å². The number of amides is 3. The van der Waals surface area contributed by atoms with Crippen LogP contribution in [0.2, 0.25) is 0 Å². The molecule has 1 saturated heterocycles. The van der Waals surface area contributed by atoms with Crippen molar-refractivity contribution in [3.8, 4) is 6.07 Å². The minimum atomic E-state index is -0.792. The van der Waals surface area contributed by atoms with E-state index in [0.29, 0.717) is 11.3 Å². The summed E-state index contributed by atoms with van der Waals surface area (Å²) in [4.78, 5) is 25.7. The maximum atomic E-state index is 12.5. The van der Waals surface area contributed by atoms with Crippen LogP contribution in [0.1, 0.15) is 25.3 Å². The van der Waals surface area contributed by atoms with Crippen LogP contribution < -0.4 is 10.2 Å². The molecule has 2 aliphatic rings. The molecule has 1 aliphatic heterocycles. The number of nitriles is 1. The summed E-state index contributed by atoms with van der Waals surface area (Å²) >= 11 is 0. The lowest BCUT2D eigenvalue weighted by molar-refractivity contribution is -0.122. The average Bonchev–Trinajstić information content (AvgIpc) is 3.20. The summed E-state index contributed by atoms with van der Waals surface area (Å²) in [6.45, 7) is 1.78. The van der Waals surface area contributed by atoms with E-state index in [-0.39, 0.29) is 11.8 Å². The summed E-state index contributed by atoms with van der Waals surface area (Å²) in [6, 6.07) is 8.12. The van der Waals surface area contributed by atoms with Crippen LogP contribution in [0.15, 0.2) is 24.3 Å². The van der Waals surface area contributed by atoms with Gasteiger partial charge in [-0.25, -0.2) is 9.69 Å². The van der Waals surface area contributed by atoms with Crippen molar-refractivity contribution in [1.82, 2.24) is 5.32 Å². The summed E-state index contributed by atoms with van der Waals surface area (Å²) in [5.41, 5.74) is 0.0868. The number of urea groups is 1. The first-order chi connectivity index (χ1) is 9.06. The average molecular weight is 255 g/mol. The lowest BCUT2D eigenvalue weighted by Crippen LogP contribution is -2.46. The quantitative estimate of drug-likeness (QED) is 0.819. The van der Waals surface area contributed by atoms with Gasteiger partial charge in [-0.2, -0.15) is 5.26 Å². The lowest BCUT2D eigenvalue weighted by atomic mass is 9.96. The molecule has 1 saturated carbocycles. The Kier molecular flexibility index (Phi) is 2.36. The molecule has 19 heavy (non-hydrogen) atoms. The van der Waals surface area contributed by atoms with E-state index in [1.54, 1.807) is 31.2 Å². The van der Waals surface area contributed by atoms with Crippen molar-refractivity contribution >= 4 is 17.6 Å². The van der Waals surface area contributed by atoms with Crippen LogP contribution in [0.3, 0.4) is 0 Å². The molecule has 96 valence electrons. The first-order valence-electron chi connectivity index (χ1n) is 6.23. The molecule has 0 bridgehead atoms. The summed E-state index contributed by atoms with van der Waals surface area (Å²) in [5.74, 6) is 0.00295. The number of rotatable bonds is 2. The van der Waals surface area contributed by atoms with E-state index in [1.807, 2.05) is 6.07 Å². The van der Waals surface area contributed by atoms with Gasteiger partial charge in [-0.15, -0.1) is 0 Å². The smallest absolute Gasteiger partial charge is 0.323 e. The molecule has 0 spiro atoms. The number of anilines is 1. The van der Waals surface area contributed by atoms with Gasteiger partial charge >= 0.3 is 6.03 Å². The lowest BCUT2D eigenvalue weighted by Gasteiger charge is -2.20. The first-order valence-corrected chi connectivity index (χ1v) is 6.23. The molecule has 0 radical (unpaired) electrons. The fourth-order valence-electron chi connectivity index (χ4n) is 2.54. The summed E-state index contributed by atoms with van der Waals surface area (Å²) in [5, 5.41) is 11.7. The Hall–Kier alpha value is -2.35. The number of carbonyl (C=O) groups is 2. The fourth-order valence-corrected chi connectivity index (χ4v) is 2.54. The predicted molar refractivity (Wildman–Crippen MR) is 68.3 cm³/mol. The van der Waals surface area contributed by atoms with Crippen molar-refractivity contribution in [2.75, 3.05) is 4.90 Å². The van der Waals surface area contributed by atoms with Gasteiger partial charge in [0.05, 0.1) is 17.3 Å². The van der Waals surface area contributed by atoms with Gasteiger partial charge in [-0.1, -0.05) is 6.07 Å². The van der Waals surface area contributed by atoms with Gasteiger partial charge in [0.1, 0.15) is 5.54 Å². The molecule has 0 aromatic heterocycles. The van der Waals surface area contributed by atoms with Gasteiger partial charge < -0.3 is 5.32 Å². The van der Waals surface area contributed by atoms with E-state index >= 15 is 0 Å². The molecule has 5 heteroatoms. The topological polar surface area (TPSA) is 73.2 Å². The normalized spacial score (nSPS) is 26.2. The molecule has 3 amide bonds. The van der Waals surface area contributed by atoms with Gasteiger partial charge in [0.2, 0.25) is 0 Å². The fraction of sp³-hybridized carbons (Fsp3) is 0.357. The van der Waals surface area contributed by atoms with E-state index < -0.39 is 11.6 Å². The minimum absolute atomic E-state index is 0.227. The highest BCUT2D eigenvalue weighted by Gasteiger charge is 2.56. The van der Waals surface area contributed by atoms with Crippen molar-refractivity contribution in [2.45, 2.75) is 25.3 Å². The van der Waals surface area contributed by atoms with E-state index in [0.717, 1.165) is 17.7 Å². The molecule has 1 heterocycles. The van der Waals surface area contributed by atoms with Crippen LogP contribution in [0, 0.1) is 17.2 Å². The summed E-state index contributed by atoms with van der Waals surface area (Å²) < 4.78 is 0. The molecule has 1 aliphatic carbocycles. The zero-order chi connectivity index (χ0) is 13.6. The Labute approximate surface area is 110 Å². The number of hydrogen-bond donors (Lipinski definition) is 1. The van der Waals surface area contributed by atoms with Crippen LogP contribution in [-0.2, 0) is 4.79 Å². The molecular weight excluding hydrogens is 242 g/mol. The van der Waals surface area contributed by atoms with E-state index in [2.05, 4.69) is 5.32 Å². The van der Waals surface area contributed by atoms with Gasteiger partial charge in [-0.3, -0.25) is 4.79 Å². The summed E-state index contributed by atoms with van der Waals surface area (Å²) in [7, 11) is 0. The standard InChI is InChI=1S/C14H13N3O2/c1-14(10-5-6-10)12(18)17(13(19)16-14)11-4-2-3-9(7-11)8-15/h2-4,7,10H,5-6H2,1H3,(H,16,19). The number of carbonyl (C=O) groups excluding carboxylic acids is 2. The Morgan fingerprint density at radius 3 is 2.79 bits per heavy atom. The molecular formula is C14H13N3O2. The predicted octanol–water partition coefficient (Wildman–Crippen LogP) is 1.78. The van der Waals surface area contributed by atoms with Gasteiger partial charge in [0.15, 0.2) is 0 Å². The zero-order valence-corrected chi connectivity index (χ0v) is 10.5. The third-order valence-electron chi connectivity index (χ3n) is 3.84. The number of imide groups is 1. The second kappa shape index (κ2) is 3.82. The number of nitrogens with zero attached hydrogens (tertiary/aromatic N) is 2. The molecule has 1 aromatic carbocycles. The molecule has 2 fully saturated rings. The number of nitrogens with one attached hydrogen (secondary N) is 1. The highest BCUT2D eigenvalue weighted by Crippen LogP contribution is 2.43. The zero-order valence-electron chi connectivity index (χ0n) is 10.5. The second-order valence-electron chi connectivity index (χ2n) is 5.21. The van der Waals surface area contributed by atoms with E-state index in [4.69, 9.17) is 5.26 Å². The maximum Gasteiger partial charge on any atom is 0.329 e. The van der Waals surface area contributed by atoms with Crippen molar-refractivity contribution in [3.05, 3.63) is 29.8 Å². The molecule has 5 nitrogen and oxygen atoms in total. The maximum absolute atomic E-state index is 12.5. The molecule has 1 unspecified atom stereocenters. The highest BCUT2D eigenvalue weighted by molar-refractivity contribution is 6.23. The van der Waals surface area contributed by atoms with Crippen molar-refractivity contribution in [1.29, 1.82) is 5.26 Å². The Morgan fingerprint density at radius 1 is 1.42 bits per heavy atom. The van der Waals surface area contributed by atoms with Crippen LogP contribution in [-0.4, -0.2) is 17.5 Å². The Balaban J connectivity index is 1.99. The van der Waals surface area contributed by atoms with E-state index in [9.17, 15) is 9.59 Å². The molecule has 3 rings (SSSR count). The third kappa shape index (κ3) is 1.68. The molecule has 1 N–H and O–H groups in total. The van der Waals surface area contributed by atoms with Crippen LogP contribution in [0.25, 0.3) is 0 Å². The minimum Gasteiger partial charge on any atom is -0.323 e. The number of benzene rings is 1. The largest absolute Gasteiger partial charge is 0.329 e. The molecule has 1 aromatic rings. The van der Waals surface area contributed by atoms with Gasteiger partial charge in [-0.05, 0) is 43.9 Å². The monoisotopic (exact) mass is 255 g/mol. The van der Waals surface area contributed by atoms with Gasteiger partial charge in [0, 0.05) is 0 Å². The Morgan fingerprint density at radius 2 is 2.16 bits per heavy atom. The number of hydrogen-bond acceptors (Lipinski definition) is 3. The van der Waals surface area contributed by atoms with Crippen molar-refractivity contribution in [3.63, 3.8) is 0 Å². The van der Waals surface area contributed by atoms with Crippen molar-refractivity contribution < 1.29 is 9.59 Å². The molecule has 1 atom stereocenters. The first kappa shape index (κ1) is 11.7. The SMILES string of the molecule is CC1(C2CC2)NC(=O)N(c2cccc(C#N)c2)C1=O. The highest BCUT2D eigenvalue weighted by atomic mass is 16.2. The van der Waals surface area contributed by atoms with Crippen molar-refractivity contribution in [2.24, 2.45) is 5.92 Å². The second-order valence-corrected chi connectivity index (χ2v) is 5.21.